The van der Waals surface area contributed by atoms with Crippen LogP contribution in [0.25, 0.3) is 0 Å². The lowest BCUT2D eigenvalue weighted by Crippen LogP contribution is -2.44. The van der Waals surface area contributed by atoms with E-state index in [2.05, 4.69) is 22.5 Å². The summed E-state index contributed by atoms with van der Waals surface area (Å²) in [6, 6.07) is 8.99. The van der Waals surface area contributed by atoms with Crippen LogP contribution in [0.15, 0.2) is 35.7 Å². The summed E-state index contributed by atoms with van der Waals surface area (Å²) < 4.78 is 0. The van der Waals surface area contributed by atoms with Crippen molar-refractivity contribution >= 4 is 40.4 Å². The first-order valence-corrected chi connectivity index (χ1v) is 12.3. The van der Waals surface area contributed by atoms with E-state index in [9.17, 15) is 14.4 Å². The zero-order valence-corrected chi connectivity index (χ0v) is 19.2. The number of nitrogens with zero attached hydrogens (tertiary/aromatic N) is 2. The smallest absolute Gasteiger partial charge is 0.263 e. The Labute approximate surface area is 192 Å². The van der Waals surface area contributed by atoms with E-state index in [0.29, 0.717) is 29.1 Å². The van der Waals surface area contributed by atoms with Gasteiger partial charge in [-0.2, -0.15) is 0 Å². The van der Waals surface area contributed by atoms with E-state index in [-0.39, 0.29) is 23.8 Å². The van der Waals surface area contributed by atoms with Crippen LogP contribution in [0.4, 0.5) is 11.4 Å². The van der Waals surface area contributed by atoms with E-state index < -0.39 is 0 Å². The number of benzene rings is 1. The molecule has 0 spiro atoms. The molecule has 2 aliphatic heterocycles. The first-order valence-electron chi connectivity index (χ1n) is 11.4. The van der Waals surface area contributed by atoms with Crippen LogP contribution in [-0.4, -0.2) is 54.8 Å². The van der Waals surface area contributed by atoms with E-state index in [4.69, 9.17) is 0 Å². The summed E-state index contributed by atoms with van der Waals surface area (Å²) in [7, 11) is 0. The van der Waals surface area contributed by atoms with Crippen LogP contribution in [0.2, 0.25) is 0 Å². The molecule has 4 rings (SSSR count). The molecular formula is C24H30N4O3S. The Hall–Kier alpha value is -2.71. The molecule has 3 heterocycles. The van der Waals surface area contributed by atoms with E-state index in [0.717, 1.165) is 51.0 Å². The molecule has 1 aromatic carbocycles. The van der Waals surface area contributed by atoms with Crippen LogP contribution in [-0.2, 0) is 4.79 Å². The molecule has 0 unspecified atom stereocenters. The van der Waals surface area contributed by atoms with E-state index in [1.807, 2.05) is 11.4 Å². The second-order valence-corrected chi connectivity index (χ2v) is 9.32. The number of nitrogens with one attached hydrogen (secondary N) is 2. The molecule has 0 radical (unpaired) electrons. The average Bonchev–Trinajstić information content (AvgIpc) is 3.44. The van der Waals surface area contributed by atoms with Crippen LogP contribution < -0.4 is 15.5 Å². The van der Waals surface area contributed by atoms with Gasteiger partial charge in [0.15, 0.2) is 0 Å². The van der Waals surface area contributed by atoms with Crippen molar-refractivity contribution in [3.8, 4) is 0 Å². The Morgan fingerprint density at radius 3 is 2.66 bits per heavy atom. The van der Waals surface area contributed by atoms with Gasteiger partial charge in [0.1, 0.15) is 4.88 Å². The average molecular weight is 455 g/mol. The molecule has 7 nitrogen and oxygen atoms in total. The van der Waals surface area contributed by atoms with Gasteiger partial charge in [-0.25, -0.2) is 0 Å². The molecule has 0 atom stereocenters. The fraction of sp³-hybridized carbons (Fsp3) is 0.458. The molecule has 2 aliphatic rings. The van der Waals surface area contributed by atoms with Crippen molar-refractivity contribution in [2.24, 2.45) is 0 Å². The number of thiophene rings is 1. The van der Waals surface area contributed by atoms with Crippen LogP contribution in [0.3, 0.4) is 0 Å². The highest BCUT2D eigenvalue weighted by atomic mass is 32.1. The molecule has 1 aromatic heterocycles. The normalized spacial score (nSPS) is 17.5. The molecule has 170 valence electrons. The third-order valence-electron chi connectivity index (χ3n) is 6.08. The Kier molecular flexibility index (Phi) is 7.22. The third kappa shape index (κ3) is 5.19. The SMILES string of the molecule is CCCN1CCC(NC(=O)c2sccc2NC(=O)c2cccc(N3CCCC3=O)c2)CC1. The summed E-state index contributed by atoms with van der Waals surface area (Å²) >= 11 is 1.33. The predicted octanol–water partition coefficient (Wildman–Crippen LogP) is 3.73. The maximum absolute atomic E-state index is 12.9. The van der Waals surface area contributed by atoms with Gasteiger partial charge in [0, 0.05) is 43.3 Å². The van der Waals surface area contributed by atoms with Crippen molar-refractivity contribution in [2.75, 3.05) is 36.4 Å². The molecule has 0 aliphatic carbocycles. The van der Waals surface area contributed by atoms with Crippen molar-refractivity contribution < 1.29 is 14.4 Å². The maximum Gasteiger partial charge on any atom is 0.263 e. The lowest BCUT2D eigenvalue weighted by molar-refractivity contribution is -0.117. The first-order chi connectivity index (χ1) is 15.5. The fourth-order valence-electron chi connectivity index (χ4n) is 4.38. The van der Waals surface area contributed by atoms with Crippen molar-refractivity contribution in [1.29, 1.82) is 0 Å². The van der Waals surface area contributed by atoms with E-state index >= 15 is 0 Å². The predicted molar refractivity (Wildman–Crippen MR) is 128 cm³/mol. The van der Waals surface area contributed by atoms with E-state index in [1.165, 1.54) is 11.3 Å². The number of carbonyl (C=O) groups excluding carboxylic acids is 3. The van der Waals surface area contributed by atoms with Gasteiger partial charge in [0.2, 0.25) is 5.91 Å². The van der Waals surface area contributed by atoms with Crippen LogP contribution >= 0.6 is 11.3 Å². The van der Waals surface area contributed by atoms with Gasteiger partial charge >= 0.3 is 0 Å². The second-order valence-electron chi connectivity index (χ2n) is 8.41. The summed E-state index contributed by atoms with van der Waals surface area (Å²) in [5, 5.41) is 7.83. The van der Waals surface area contributed by atoms with Gasteiger partial charge in [-0.3, -0.25) is 14.4 Å². The molecule has 2 N–H and O–H groups in total. The zero-order valence-electron chi connectivity index (χ0n) is 18.4. The highest BCUT2D eigenvalue weighted by molar-refractivity contribution is 7.12. The Morgan fingerprint density at radius 1 is 1.12 bits per heavy atom. The summed E-state index contributed by atoms with van der Waals surface area (Å²) in [5.41, 5.74) is 1.71. The molecule has 2 saturated heterocycles. The quantitative estimate of drug-likeness (QED) is 0.668. The number of anilines is 2. The minimum atomic E-state index is -0.293. The lowest BCUT2D eigenvalue weighted by atomic mass is 10.0. The summed E-state index contributed by atoms with van der Waals surface area (Å²) in [4.78, 5) is 42.4. The van der Waals surface area contributed by atoms with Gasteiger partial charge in [-0.15, -0.1) is 11.3 Å². The highest BCUT2D eigenvalue weighted by Crippen LogP contribution is 2.26. The number of hydrogen-bond donors (Lipinski definition) is 2. The number of amides is 3. The van der Waals surface area contributed by atoms with Crippen LogP contribution in [0, 0.1) is 0 Å². The van der Waals surface area contributed by atoms with Crippen molar-refractivity contribution in [1.82, 2.24) is 10.2 Å². The van der Waals surface area contributed by atoms with Crippen LogP contribution in [0.5, 0.6) is 0 Å². The monoisotopic (exact) mass is 454 g/mol. The van der Waals surface area contributed by atoms with Gasteiger partial charge in [0.05, 0.1) is 5.69 Å². The third-order valence-corrected chi connectivity index (χ3v) is 6.99. The minimum Gasteiger partial charge on any atom is -0.348 e. The molecule has 32 heavy (non-hydrogen) atoms. The van der Waals surface area contributed by atoms with Gasteiger partial charge in [-0.05, 0) is 61.9 Å². The number of piperidine rings is 1. The maximum atomic E-state index is 12.9. The second kappa shape index (κ2) is 10.3. The van der Waals surface area contributed by atoms with Crippen molar-refractivity contribution in [3.05, 3.63) is 46.2 Å². The molecule has 0 bridgehead atoms. The van der Waals surface area contributed by atoms with Crippen molar-refractivity contribution in [3.63, 3.8) is 0 Å². The largest absolute Gasteiger partial charge is 0.348 e. The molecule has 2 fully saturated rings. The standard InChI is InChI=1S/C24H30N4O3S/c1-2-11-27-13-8-18(9-14-27)25-24(31)22-20(10-15-32-22)26-23(30)17-5-3-6-19(16-17)28-12-4-7-21(28)29/h3,5-6,10,15-16,18H,2,4,7-9,11-14H2,1H3,(H,25,31)(H,26,30). The highest BCUT2D eigenvalue weighted by Gasteiger charge is 2.24. The Morgan fingerprint density at radius 2 is 1.94 bits per heavy atom. The Balaban J connectivity index is 1.38. The molecule has 2 aromatic rings. The van der Waals surface area contributed by atoms with E-state index in [1.54, 1.807) is 29.2 Å². The summed E-state index contributed by atoms with van der Waals surface area (Å²) in [6.07, 6.45) is 4.41. The molecule has 3 amide bonds. The number of rotatable bonds is 7. The molecule has 8 heteroatoms. The lowest BCUT2D eigenvalue weighted by Gasteiger charge is -2.32. The van der Waals surface area contributed by atoms with Crippen molar-refractivity contribution in [2.45, 2.75) is 45.1 Å². The van der Waals surface area contributed by atoms with Crippen LogP contribution in [0.1, 0.15) is 59.1 Å². The fourth-order valence-corrected chi connectivity index (χ4v) is 5.13. The summed E-state index contributed by atoms with van der Waals surface area (Å²) in [5.74, 6) is -0.348. The van der Waals surface area contributed by atoms with Gasteiger partial charge < -0.3 is 20.4 Å². The Bertz CT molecular complexity index is 981. The number of likely N-dealkylation sites (tertiary alicyclic amines) is 1. The van der Waals surface area contributed by atoms with Gasteiger partial charge in [0.25, 0.3) is 11.8 Å². The van der Waals surface area contributed by atoms with Gasteiger partial charge in [-0.1, -0.05) is 13.0 Å². The zero-order chi connectivity index (χ0) is 22.5. The number of hydrogen-bond acceptors (Lipinski definition) is 5. The summed E-state index contributed by atoms with van der Waals surface area (Å²) in [6.45, 7) is 5.97. The topological polar surface area (TPSA) is 81.8 Å². The minimum absolute atomic E-state index is 0.0832. The first kappa shape index (κ1) is 22.5. The number of carbonyl (C=O) groups is 3. The molecule has 0 saturated carbocycles. The molecular weight excluding hydrogens is 424 g/mol.